The number of pyridine rings is 1. The van der Waals surface area contributed by atoms with Gasteiger partial charge in [0.25, 0.3) is 5.91 Å². The maximum absolute atomic E-state index is 12.4. The molecule has 0 aliphatic carbocycles. The maximum Gasteiger partial charge on any atom is 0.274 e. The summed E-state index contributed by atoms with van der Waals surface area (Å²) in [5, 5.41) is 0.456. The highest BCUT2D eigenvalue weighted by Gasteiger charge is 2.43. The highest BCUT2D eigenvalue weighted by Crippen LogP contribution is 2.38. The molecule has 0 spiro atoms. The molecule has 2 N–H and O–H groups in total. The Morgan fingerprint density at radius 3 is 2.55 bits per heavy atom. The molecule has 1 fully saturated rings. The molecule has 5 nitrogen and oxygen atoms in total. The monoisotopic (exact) mass is 341 g/mol. The summed E-state index contributed by atoms with van der Waals surface area (Å²) in [6, 6.07) is 1.55. The fourth-order valence-corrected chi connectivity index (χ4v) is 3.62. The topological polar surface area (TPSA) is 68.5 Å². The van der Waals surface area contributed by atoms with E-state index in [0.29, 0.717) is 23.8 Å². The molecule has 0 aromatic carbocycles. The van der Waals surface area contributed by atoms with Gasteiger partial charge in [0.2, 0.25) is 0 Å². The molecule has 2 rings (SSSR count). The molecule has 1 aliphatic heterocycles. The van der Waals surface area contributed by atoms with Gasteiger partial charge >= 0.3 is 0 Å². The lowest BCUT2D eigenvalue weighted by atomic mass is 10.1. The van der Waals surface area contributed by atoms with Gasteiger partial charge in [0.1, 0.15) is 5.69 Å². The zero-order valence-electron chi connectivity index (χ0n) is 13.8. The molecular formula is C15H24ClN3O2Si. The molecule has 2 heterocycles. The Labute approximate surface area is 137 Å². The molecular weight excluding hydrogens is 318 g/mol. The van der Waals surface area contributed by atoms with E-state index in [-0.39, 0.29) is 22.7 Å². The van der Waals surface area contributed by atoms with Crippen molar-refractivity contribution in [2.24, 2.45) is 0 Å². The lowest BCUT2D eigenvalue weighted by Crippen LogP contribution is -2.59. The number of nitrogens with two attached hydrogens (primary N) is 1. The first-order valence-corrected chi connectivity index (χ1v) is 10.7. The van der Waals surface area contributed by atoms with Crippen LogP contribution in [-0.2, 0) is 4.43 Å². The number of aromatic nitrogens is 1. The van der Waals surface area contributed by atoms with E-state index in [0.717, 1.165) is 0 Å². The predicted octanol–water partition coefficient (Wildman–Crippen LogP) is 3.16. The smallest absolute Gasteiger partial charge is 0.274 e. The van der Waals surface area contributed by atoms with Crippen LogP contribution in [0.1, 0.15) is 31.3 Å². The molecule has 7 heteroatoms. The number of rotatable bonds is 3. The summed E-state index contributed by atoms with van der Waals surface area (Å²) < 4.78 is 6.28. The van der Waals surface area contributed by atoms with E-state index in [9.17, 15) is 4.79 Å². The summed E-state index contributed by atoms with van der Waals surface area (Å²) >= 11 is 6.04. The first-order chi connectivity index (χ1) is 10.0. The van der Waals surface area contributed by atoms with Crippen molar-refractivity contribution in [1.29, 1.82) is 0 Å². The molecule has 1 aromatic rings. The van der Waals surface area contributed by atoms with Crippen molar-refractivity contribution in [3.8, 4) is 0 Å². The van der Waals surface area contributed by atoms with E-state index < -0.39 is 8.32 Å². The van der Waals surface area contributed by atoms with Gasteiger partial charge in [0, 0.05) is 13.1 Å². The number of nitrogen functional groups attached to an aromatic ring is 1. The maximum atomic E-state index is 12.4. The quantitative estimate of drug-likeness (QED) is 0.857. The van der Waals surface area contributed by atoms with Crippen molar-refractivity contribution in [1.82, 2.24) is 9.88 Å². The molecule has 22 heavy (non-hydrogen) atoms. The van der Waals surface area contributed by atoms with Gasteiger partial charge in [-0.05, 0) is 24.2 Å². The van der Waals surface area contributed by atoms with E-state index in [1.807, 2.05) is 0 Å². The Hall–Kier alpha value is -1.11. The minimum absolute atomic E-state index is 0.109. The molecule has 0 bridgehead atoms. The van der Waals surface area contributed by atoms with E-state index >= 15 is 0 Å². The minimum Gasteiger partial charge on any atom is -0.410 e. The molecule has 1 saturated heterocycles. The SMILES string of the molecule is CC(C)(C)[Si](C)(C)OC1CN(C(=O)c2ncc(N)cc2Cl)C1. The third-order valence-corrected chi connectivity index (χ3v) is 9.29. The average Bonchev–Trinajstić information content (AvgIpc) is 2.31. The van der Waals surface area contributed by atoms with Gasteiger partial charge in [0.05, 0.1) is 23.0 Å². The van der Waals surface area contributed by atoms with Crippen molar-refractivity contribution in [2.45, 2.75) is 45.0 Å². The van der Waals surface area contributed by atoms with Crippen LogP contribution in [0.15, 0.2) is 12.3 Å². The third-order valence-electron chi connectivity index (χ3n) is 4.47. The molecule has 0 radical (unpaired) electrons. The van der Waals surface area contributed by atoms with Crippen LogP contribution in [0.4, 0.5) is 5.69 Å². The fraction of sp³-hybridized carbons (Fsp3) is 0.600. The Morgan fingerprint density at radius 2 is 2.05 bits per heavy atom. The van der Waals surface area contributed by atoms with Crippen LogP contribution in [0.25, 0.3) is 0 Å². The summed E-state index contributed by atoms with van der Waals surface area (Å²) in [5.74, 6) is -0.167. The van der Waals surface area contributed by atoms with Crippen LogP contribution in [0.3, 0.4) is 0 Å². The van der Waals surface area contributed by atoms with Crippen LogP contribution in [0.2, 0.25) is 23.2 Å². The van der Waals surface area contributed by atoms with Crippen LogP contribution in [0.5, 0.6) is 0 Å². The minimum atomic E-state index is -1.80. The Kier molecular flexibility index (Phi) is 4.57. The zero-order chi connectivity index (χ0) is 16.7. The van der Waals surface area contributed by atoms with E-state index in [1.165, 1.54) is 6.20 Å². The standard InChI is InChI=1S/C15H24ClN3O2Si/c1-15(2,3)22(4,5)21-11-8-19(9-11)14(20)13-12(16)6-10(17)7-18-13/h6-7,11H,8-9,17H2,1-5H3. The van der Waals surface area contributed by atoms with Gasteiger partial charge in [-0.25, -0.2) is 4.98 Å². The first kappa shape index (κ1) is 17.2. The molecule has 0 unspecified atom stereocenters. The lowest BCUT2D eigenvalue weighted by Gasteiger charge is -2.46. The van der Waals surface area contributed by atoms with E-state index in [1.54, 1.807) is 11.0 Å². The molecule has 0 atom stereocenters. The number of halogens is 1. The van der Waals surface area contributed by atoms with Gasteiger partial charge in [-0.15, -0.1) is 0 Å². The summed E-state index contributed by atoms with van der Waals surface area (Å²) in [4.78, 5) is 18.1. The molecule has 0 saturated carbocycles. The van der Waals surface area contributed by atoms with Crippen molar-refractivity contribution >= 4 is 31.5 Å². The second-order valence-corrected chi connectivity index (χ2v) is 12.5. The number of hydrogen-bond acceptors (Lipinski definition) is 4. The Bertz CT molecular complexity index is 581. The number of amides is 1. The molecule has 1 aromatic heterocycles. The summed E-state index contributed by atoms with van der Waals surface area (Å²) in [5.41, 5.74) is 6.30. The van der Waals surface area contributed by atoms with Gasteiger partial charge in [-0.3, -0.25) is 4.79 Å². The van der Waals surface area contributed by atoms with E-state index in [4.69, 9.17) is 21.8 Å². The summed E-state index contributed by atoms with van der Waals surface area (Å²) in [7, 11) is -1.80. The van der Waals surface area contributed by atoms with Crippen LogP contribution >= 0.6 is 11.6 Å². The fourth-order valence-electron chi connectivity index (χ4n) is 2.03. The number of anilines is 1. The van der Waals surface area contributed by atoms with Crippen LogP contribution < -0.4 is 5.73 Å². The molecule has 1 amide bonds. The lowest BCUT2D eigenvalue weighted by molar-refractivity contribution is 0.0114. The number of carbonyl (C=O) groups is 1. The van der Waals surface area contributed by atoms with Gasteiger partial charge < -0.3 is 15.1 Å². The van der Waals surface area contributed by atoms with Gasteiger partial charge in [0.15, 0.2) is 8.32 Å². The Morgan fingerprint density at radius 1 is 1.45 bits per heavy atom. The summed E-state index contributed by atoms with van der Waals surface area (Å²) in [6.07, 6.45) is 1.56. The number of likely N-dealkylation sites (tertiary alicyclic amines) is 1. The average molecular weight is 342 g/mol. The number of carbonyl (C=O) groups excluding carboxylic acids is 1. The van der Waals surface area contributed by atoms with Crippen molar-refractivity contribution in [3.05, 3.63) is 23.0 Å². The predicted molar refractivity (Wildman–Crippen MR) is 91.6 cm³/mol. The van der Waals surface area contributed by atoms with Gasteiger partial charge in [-0.1, -0.05) is 32.4 Å². The van der Waals surface area contributed by atoms with Crippen molar-refractivity contribution in [2.75, 3.05) is 18.8 Å². The zero-order valence-corrected chi connectivity index (χ0v) is 15.6. The molecule has 122 valence electrons. The summed E-state index contributed by atoms with van der Waals surface area (Å²) in [6.45, 7) is 12.2. The molecule has 1 aliphatic rings. The largest absolute Gasteiger partial charge is 0.410 e. The Balaban J connectivity index is 1.95. The normalized spacial score (nSPS) is 16.5. The highest BCUT2D eigenvalue weighted by atomic mass is 35.5. The van der Waals surface area contributed by atoms with Gasteiger partial charge in [-0.2, -0.15) is 0 Å². The number of nitrogens with zero attached hydrogens (tertiary/aromatic N) is 2. The van der Waals surface area contributed by atoms with Crippen molar-refractivity contribution < 1.29 is 9.22 Å². The number of hydrogen-bond donors (Lipinski definition) is 1. The van der Waals surface area contributed by atoms with E-state index in [2.05, 4.69) is 38.8 Å². The second kappa shape index (κ2) is 5.83. The second-order valence-electron chi connectivity index (χ2n) is 7.31. The van der Waals surface area contributed by atoms with Crippen molar-refractivity contribution in [3.63, 3.8) is 0 Å². The first-order valence-electron chi connectivity index (χ1n) is 7.39. The van der Waals surface area contributed by atoms with Crippen LogP contribution in [-0.4, -0.2) is 43.3 Å². The van der Waals surface area contributed by atoms with Crippen LogP contribution in [0, 0.1) is 0 Å². The third kappa shape index (κ3) is 3.44. The highest BCUT2D eigenvalue weighted by molar-refractivity contribution is 6.74.